The summed E-state index contributed by atoms with van der Waals surface area (Å²) in [6.45, 7) is 4.64. The maximum atomic E-state index is 12.7. The molecule has 50 heavy (non-hydrogen) atoms. The van der Waals surface area contributed by atoms with E-state index in [2.05, 4.69) is 30.9 Å². The van der Waals surface area contributed by atoms with Gasteiger partial charge >= 0.3 is 23.4 Å². The smallest absolute Gasteiger partial charge is 0.407 e. The number of alkyl carbamates (subject to hydrolysis) is 1. The third-order valence-electron chi connectivity index (χ3n) is 8.51. The lowest BCUT2D eigenvalue weighted by atomic mass is 10.1. The maximum Gasteiger partial charge on any atom is 0.407 e. The molecule has 0 unspecified atom stereocenters. The van der Waals surface area contributed by atoms with E-state index in [4.69, 9.17) is 18.9 Å². The minimum atomic E-state index is -0.977. The van der Waals surface area contributed by atoms with E-state index >= 15 is 0 Å². The Labute approximate surface area is 283 Å². The van der Waals surface area contributed by atoms with Crippen molar-refractivity contribution in [1.82, 2.24) is 44.7 Å². The first kappa shape index (κ1) is 35.9. The van der Waals surface area contributed by atoms with Gasteiger partial charge in [-0.25, -0.2) is 19.1 Å². The van der Waals surface area contributed by atoms with Crippen LogP contribution in [0, 0.1) is 13.8 Å². The number of aryl methyl sites for hydroxylation is 2. The first-order chi connectivity index (χ1) is 23.9. The van der Waals surface area contributed by atoms with Crippen molar-refractivity contribution in [3.8, 4) is 0 Å². The van der Waals surface area contributed by atoms with Gasteiger partial charge in [-0.05, 0) is 20.3 Å². The molecule has 6 atom stereocenters. The van der Waals surface area contributed by atoms with E-state index in [1.54, 1.807) is 17.8 Å². The fourth-order valence-electron chi connectivity index (χ4n) is 5.77. The van der Waals surface area contributed by atoms with Crippen LogP contribution in [0.2, 0.25) is 0 Å². The second-order valence-corrected chi connectivity index (χ2v) is 12.0. The maximum absolute atomic E-state index is 12.7. The fourth-order valence-corrected chi connectivity index (χ4v) is 5.77. The summed E-state index contributed by atoms with van der Waals surface area (Å²) >= 11 is 0. The number of esters is 1. The lowest BCUT2D eigenvalue weighted by Crippen LogP contribution is -2.35. The van der Waals surface area contributed by atoms with Crippen LogP contribution in [0.4, 0.5) is 4.79 Å². The molecule has 20 heteroatoms. The van der Waals surface area contributed by atoms with Gasteiger partial charge in [0, 0.05) is 49.8 Å². The van der Waals surface area contributed by atoms with E-state index in [1.165, 1.54) is 30.9 Å². The van der Waals surface area contributed by atoms with E-state index in [-0.39, 0.29) is 56.0 Å². The molecule has 2 aliphatic rings. The topological polar surface area (TPSA) is 253 Å². The van der Waals surface area contributed by atoms with Gasteiger partial charge in [-0.2, -0.15) is 0 Å². The zero-order valence-electron chi connectivity index (χ0n) is 27.9. The largest absolute Gasteiger partial charge is 0.459 e. The molecule has 5 rings (SSSR count). The number of carbonyl (C=O) groups is 3. The van der Waals surface area contributed by atoms with Crippen molar-refractivity contribution in [3.05, 3.63) is 77.1 Å². The number of H-pyrrole nitrogens is 2. The predicted molar refractivity (Wildman–Crippen MR) is 170 cm³/mol. The van der Waals surface area contributed by atoms with E-state index in [0.717, 1.165) is 4.57 Å². The summed E-state index contributed by atoms with van der Waals surface area (Å²) in [5, 5.41) is 13.3. The van der Waals surface area contributed by atoms with Crippen LogP contribution >= 0.6 is 0 Å². The lowest BCUT2D eigenvalue weighted by molar-refractivity contribution is -0.154. The van der Waals surface area contributed by atoms with Crippen LogP contribution in [0.5, 0.6) is 0 Å². The number of rotatable bonds is 12. The zero-order chi connectivity index (χ0) is 36.1. The molecule has 3 aromatic rings. The van der Waals surface area contributed by atoms with Crippen LogP contribution in [0.3, 0.4) is 0 Å². The van der Waals surface area contributed by atoms with Crippen LogP contribution < -0.4 is 33.1 Å². The van der Waals surface area contributed by atoms with E-state index < -0.39 is 59.2 Å². The van der Waals surface area contributed by atoms with Crippen molar-refractivity contribution >= 4 is 18.0 Å². The number of nitrogens with zero attached hydrogens (tertiary/aromatic N) is 5. The first-order valence-electron chi connectivity index (χ1n) is 16.0. The van der Waals surface area contributed by atoms with E-state index in [0.29, 0.717) is 24.1 Å². The van der Waals surface area contributed by atoms with E-state index in [9.17, 15) is 33.6 Å². The molecule has 0 bridgehead atoms. The highest BCUT2D eigenvalue weighted by Gasteiger charge is 2.41. The number of ether oxygens (including phenoxy) is 4. The number of aromatic nitrogens is 7. The Morgan fingerprint density at radius 2 is 1.54 bits per heavy atom. The average Bonchev–Trinajstić information content (AvgIpc) is 3.83. The van der Waals surface area contributed by atoms with E-state index in [1.807, 2.05) is 6.92 Å². The molecule has 0 saturated carbocycles. The summed E-state index contributed by atoms with van der Waals surface area (Å²) in [6.07, 6.45) is 0.507. The standard InChI is InChI=1S/C30H39N9O11/c1-5-19-18(8-23(48-19)37-11-15(2)26(42)33-28(37)44)39-13-17(35-36-39)10-32-30(46)47-14-21-20(50-25(41)7-6-22(40)31-4)9-24(49-21)38-12-16(3)27(43)34-29(38)45/h11-13,18-21,23-24H,5-10,14H2,1-4H3,(H,31,40)(H,32,46)(H,33,42,44)(H,34,43,45)/t18-,19-,20-,21-,23-,24-/m1/s1. The van der Waals surface area contributed by atoms with Gasteiger partial charge in [0.15, 0.2) is 0 Å². The van der Waals surface area contributed by atoms with Crippen LogP contribution in [0.25, 0.3) is 0 Å². The number of nitrogens with one attached hydrogen (secondary N) is 4. The summed E-state index contributed by atoms with van der Waals surface area (Å²) in [5.74, 6) is -1.03. The molecule has 270 valence electrons. The Balaban J connectivity index is 1.18. The second-order valence-electron chi connectivity index (χ2n) is 12.0. The molecule has 0 aromatic carbocycles. The number of aromatic amines is 2. The molecule has 0 spiro atoms. The van der Waals surface area contributed by atoms with Crippen molar-refractivity contribution < 1.29 is 33.3 Å². The van der Waals surface area contributed by atoms with Crippen molar-refractivity contribution in [3.63, 3.8) is 0 Å². The highest BCUT2D eigenvalue weighted by Crippen LogP contribution is 2.37. The Morgan fingerprint density at radius 3 is 2.16 bits per heavy atom. The third-order valence-corrected chi connectivity index (χ3v) is 8.51. The van der Waals surface area contributed by atoms with Gasteiger partial charge in [-0.1, -0.05) is 12.1 Å². The molecule has 3 aromatic heterocycles. The molecule has 2 amide bonds. The average molecular weight is 702 g/mol. The summed E-state index contributed by atoms with van der Waals surface area (Å²) in [6, 6.07) is -0.278. The monoisotopic (exact) mass is 701 g/mol. The highest BCUT2D eigenvalue weighted by molar-refractivity contribution is 5.81. The van der Waals surface area contributed by atoms with Gasteiger partial charge in [-0.15, -0.1) is 5.10 Å². The molecule has 2 fully saturated rings. The summed E-state index contributed by atoms with van der Waals surface area (Å²) in [5.41, 5.74) is -1.28. The number of carbonyl (C=O) groups excluding carboxylic acids is 3. The summed E-state index contributed by atoms with van der Waals surface area (Å²) in [4.78, 5) is 89.8. The summed E-state index contributed by atoms with van der Waals surface area (Å²) in [7, 11) is 1.44. The van der Waals surface area contributed by atoms with Crippen molar-refractivity contribution in [1.29, 1.82) is 0 Å². The van der Waals surface area contributed by atoms with Gasteiger partial charge in [0.05, 0.1) is 31.3 Å². The quantitative estimate of drug-likeness (QED) is 0.169. The minimum absolute atomic E-state index is 0.0107. The number of amides is 2. The normalized spacial score (nSPS) is 23.0. The lowest BCUT2D eigenvalue weighted by Gasteiger charge is -2.19. The van der Waals surface area contributed by atoms with Gasteiger partial charge in [0.1, 0.15) is 37.0 Å². The fraction of sp³-hybridized carbons (Fsp3) is 0.567. The van der Waals surface area contributed by atoms with Crippen LogP contribution in [0.1, 0.15) is 74.3 Å². The van der Waals surface area contributed by atoms with Crippen molar-refractivity contribution in [2.45, 2.75) is 96.2 Å². The molecule has 0 radical (unpaired) electrons. The first-order valence-corrected chi connectivity index (χ1v) is 16.0. The van der Waals surface area contributed by atoms with Gasteiger partial charge in [-0.3, -0.25) is 38.3 Å². The minimum Gasteiger partial charge on any atom is -0.459 e. The Bertz CT molecular complexity index is 1960. The van der Waals surface area contributed by atoms with Gasteiger partial charge in [0.2, 0.25) is 5.91 Å². The molecular weight excluding hydrogens is 662 g/mol. The molecule has 2 aliphatic heterocycles. The number of hydrogen-bond acceptors (Lipinski definition) is 13. The molecule has 20 nitrogen and oxygen atoms in total. The number of hydrogen-bond donors (Lipinski definition) is 4. The highest BCUT2D eigenvalue weighted by atomic mass is 16.6. The van der Waals surface area contributed by atoms with Crippen molar-refractivity contribution in [2.24, 2.45) is 0 Å². The Morgan fingerprint density at radius 1 is 0.920 bits per heavy atom. The van der Waals surface area contributed by atoms with Crippen molar-refractivity contribution in [2.75, 3.05) is 13.7 Å². The van der Waals surface area contributed by atoms with Gasteiger partial charge in [0.25, 0.3) is 11.1 Å². The second kappa shape index (κ2) is 15.5. The molecular formula is C30H39N9O11. The SMILES string of the molecule is CC[C@H]1O[C@@H](n2cc(C)c(=O)[nH]c2=O)C[C@H]1n1cc(CNC(=O)OC[C@H]2O[C@@H](n3cc(C)c(=O)[nH]c3=O)C[C@H]2OC(=O)CCC(=O)NC)nn1. The Hall–Kier alpha value is -5.37. The molecule has 5 heterocycles. The Kier molecular flexibility index (Phi) is 11.1. The third kappa shape index (κ3) is 8.25. The predicted octanol–water partition coefficient (Wildman–Crippen LogP) is -0.814. The van der Waals surface area contributed by atoms with Crippen LogP contribution in [-0.4, -0.2) is 84.0 Å². The molecule has 4 N–H and O–H groups in total. The van der Waals surface area contributed by atoms with Crippen LogP contribution in [0.15, 0.2) is 37.8 Å². The zero-order valence-corrected chi connectivity index (χ0v) is 27.9. The molecule has 2 saturated heterocycles. The van der Waals surface area contributed by atoms with Gasteiger partial charge < -0.3 is 29.6 Å². The van der Waals surface area contributed by atoms with Crippen LogP contribution in [-0.2, 0) is 35.1 Å². The molecule has 0 aliphatic carbocycles. The summed E-state index contributed by atoms with van der Waals surface area (Å²) < 4.78 is 27.1.